The Bertz CT molecular complexity index is 688. The van der Waals surface area contributed by atoms with Gasteiger partial charge in [0.2, 0.25) is 0 Å². The summed E-state index contributed by atoms with van der Waals surface area (Å²) in [6, 6.07) is 27.5. The first-order valence-corrected chi connectivity index (χ1v) is 7.78. The average Bonchev–Trinajstić information content (AvgIpc) is 2.56. The number of hydrogen-bond donors (Lipinski definition) is 1. The lowest BCUT2D eigenvalue weighted by Gasteiger charge is -2.07. The molecule has 0 unspecified atom stereocenters. The summed E-state index contributed by atoms with van der Waals surface area (Å²) in [4.78, 5) is 1.20. The molecule has 0 amide bonds. The molecule has 3 aromatic rings. The Balaban J connectivity index is 1.66. The fourth-order valence-electron chi connectivity index (χ4n) is 2.09. The second-order valence-corrected chi connectivity index (χ2v) is 5.84. The molecule has 104 valence electrons. The fraction of sp³-hybridized carbons (Fsp3) is 0.0526. The van der Waals surface area contributed by atoms with E-state index in [1.807, 2.05) is 6.07 Å². The van der Waals surface area contributed by atoms with Gasteiger partial charge in [-0.25, -0.2) is 0 Å². The van der Waals surface area contributed by atoms with Crippen LogP contribution in [0.2, 0.25) is 0 Å². The smallest absolute Gasteiger partial charge is 0.0443 e. The Morgan fingerprint density at radius 2 is 1.29 bits per heavy atom. The first-order valence-electron chi connectivity index (χ1n) is 6.96. The molecule has 3 rings (SSSR count). The van der Waals surface area contributed by atoms with Crippen LogP contribution in [-0.4, -0.2) is 0 Å². The molecular formula is C19H17NS. The molecule has 0 spiro atoms. The number of hydrogen-bond acceptors (Lipinski definition) is 2. The number of rotatable bonds is 4. The molecule has 1 nitrogen and oxygen atoms in total. The van der Waals surface area contributed by atoms with E-state index in [2.05, 4.69) is 84.4 Å². The first kappa shape index (κ1) is 13.8. The summed E-state index contributed by atoms with van der Waals surface area (Å²) in [6.45, 7) is 2.10. The third-order valence-corrected chi connectivity index (χ3v) is 4.15. The monoisotopic (exact) mass is 291 g/mol. The van der Waals surface area contributed by atoms with Crippen molar-refractivity contribution in [3.8, 4) is 11.1 Å². The van der Waals surface area contributed by atoms with Crippen molar-refractivity contribution in [2.24, 2.45) is 0 Å². The number of anilines is 1. The SMILES string of the molecule is Cc1ccc(NSc2ccc(-c3ccccc3)cc2)cc1. The van der Waals surface area contributed by atoms with Crippen molar-refractivity contribution >= 4 is 17.6 Å². The van der Waals surface area contributed by atoms with E-state index in [-0.39, 0.29) is 0 Å². The van der Waals surface area contributed by atoms with Gasteiger partial charge in [0, 0.05) is 10.6 Å². The van der Waals surface area contributed by atoms with Gasteiger partial charge in [0.1, 0.15) is 0 Å². The molecule has 0 aliphatic rings. The maximum atomic E-state index is 3.36. The Hall–Kier alpha value is -2.19. The van der Waals surface area contributed by atoms with Crippen LogP contribution in [0.1, 0.15) is 5.56 Å². The van der Waals surface area contributed by atoms with Crippen LogP contribution in [0.3, 0.4) is 0 Å². The Morgan fingerprint density at radius 1 is 0.667 bits per heavy atom. The molecular weight excluding hydrogens is 274 g/mol. The molecule has 0 fully saturated rings. The molecule has 0 atom stereocenters. The van der Waals surface area contributed by atoms with Crippen molar-refractivity contribution in [1.82, 2.24) is 0 Å². The molecule has 21 heavy (non-hydrogen) atoms. The van der Waals surface area contributed by atoms with Gasteiger partial charge in [0.25, 0.3) is 0 Å². The zero-order valence-electron chi connectivity index (χ0n) is 11.9. The van der Waals surface area contributed by atoms with Gasteiger partial charge in [-0.15, -0.1) is 0 Å². The van der Waals surface area contributed by atoms with E-state index in [0.29, 0.717) is 0 Å². The maximum Gasteiger partial charge on any atom is 0.0443 e. The van der Waals surface area contributed by atoms with Crippen LogP contribution in [0.4, 0.5) is 5.69 Å². The van der Waals surface area contributed by atoms with Crippen molar-refractivity contribution in [2.75, 3.05) is 4.72 Å². The number of aryl methyl sites for hydroxylation is 1. The summed E-state index contributed by atoms with van der Waals surface area (Å²) in [7, 11) is 0. The van der Waals surface area contributed by atoms with Gasteiger partial charge < -0.3 is 4.72 Å². The van der Waals surface area contributed by atoms with Crippen LogP contribution >= 0.6 is 11.9 Å². The lowest BCUT2D eigenvalue weighted by molar-refractivity contribution is 1.45. The van der Waals surface area contributed by atoms with E-state index in [1.54, 1.807) is 11.9 Å². The zero-order valence-corrected chi connectivity index (χ0v) is 12.7. The topological polar surface area (TPSA) is 12.0 Å². The van der Waals surface area contributed by atoms with E-state index in [0.717, 1.165) is 5.69 Å². The third-order valence-electron chi connectivity index (χ3n) is 3.30. The minimum atomic E-state index is 1.12. The first-order chi connectivity index (χ1) is 10.3. The Labute approximate surface area is 130 Å². The molecule has 0 aromatic heterocycles. The van der Waals surface area contributed by atoms with Crippen molar-refractivity contribution in [2.45, 2.75) is 11.8 Å². The molecule has 0 heterocycles. The lowest BCUT2D eigenvalue weighted by Crippen LogP contribution is -1.86. The summed E-state index contributed by atoms with van der Waals surface area (Å²) in [5.41, 5.74) is 4.89. The van der Waals surface area contributed by atoms with Gasteiger partial charge >= 0.3 is 0 Å². The van der Waals surface area contributed by atoms with Crippen molar-refractivity contribution in [3.63, 3.8) is 0 Å². The average molecular weight is 291 g/mol. The van der Waals surface area contributed by atoms with Crippen LogP contribution in [0.5, 0.6) is 0 Å². The lowest BCUT2D eigenvalue weighted by atomic mass is 10.1. The number of nitrogens with one attached hydrogen (secondary N) is 1. The molecule has 0 aliphatic heterocycles. The van der Waals surface area contributed by atoms with E-state index < -0.39 is 0 Å². The maximum absolute atomic E-state index is 3.36. The summed E-state index contributed by atoms with van der Waals surface area (Å²) in [5.74, 6) is 0. The van der Waals surface area contributed by atoms with E-state index >= 15 is 0 Å². The van der Waals surface area contributed by atoms with Crippen LogP contribution in [-0.2, 0) is 0 Å². The normalized spacial score (nSPS) is 10.3. The molecule has 0 aliphatic carbocycles. The van der Waals surface area contributed by atoms with Gasteiger partial charge in [-0.1, -0.05) is 60.2 Å². The minimum Gasteiger partial charge on any atom is -0.326 e. The van der Waals surface area contributed by atoms with Gasteiger partial charge in [0.05, 0.1) is 0 Å². The van der Waals surface area contributed by atoms with Crippen molar-refractivity contribution < 1.29 is 0 Å². The largest absolute Gasteiger partial charge is 0.326 e. The van der Waals surface area contributed by atoms with Crippen molar-refractivity contribution in [3.05, 3.63) is 84.4 Å². The number of benzene rings is 3. The molecule has 2 heteroatoms. The summed E-state index contributed by atoms with van der Waals surface area (Å²) in [5, 5.41) is 0. The summed E-state index contributed by atoms with van der Waals surface area (Å²) >= 11 is 1.63. The van der Waals surface area contributed by atoms with Crippen molar-refractivity contribution in [1.29, 1.82) is 0 Å². The van der Waals surface area contributed by atoms with Gasteiger partial charge in [-0.05, 0) is 54.3 Å². The molecule has 0 bridgehead atoms. The summed E-state index contributed by atoms with van der Waals surface area (Å²) in [6.07, 6.45) is 0. The standard InChI is InChI=1S/C19H17NS/c1-15-7-11-18(12-8-15)20-21-19-13-9-17(10-14-19)16-5-3-2-4-6-16/h2-14,20H,1H3. The quantitative estimate of drug-likeness (QED) is 0.611. The highest BCUT2D eigenvalue weighted by molar-refractivity contribution is 8.00. The second kappa shape index (κ2) is 6.51. The predicted octanol–water partition coefficient (Wildman–Crippen LogP) is 5.78. The van der Waals surface area contributed by atoms with Crippen LogP contribution in [0.25, 0.3) is 11.1 Å². The molecule has 0 saturated heterocycles. The highest BCUT2D eigenvalue weighted by Crippen LogP contribution is 2.25. The molecule has 0 radical (unpaired) electrons. The minimum absolute atomic E-state index is 1.12. The summed E-state index contributed by atoms with van der Waals surface area (Å²) < 4.78 is 3.36. The van der Waals surface area contributed by atoms with Gasteiger partial charge in [-0.2, -0.15) is 0 Å². The van der Waals surface area contributed by atoms with Gasteiger partial charge in [-0.3, -0.25) is 0 Å². The van der Waals surface area contributed by atoms with Crippen LogP contribution in [0.15, 0.2) is 83.8 Å². The Morgan fingerprint density at radius 3 is 1.95 bits per heavy atom. The van der Waals surface area contributed by atoms with Gasteiger partial charge in [0.15, 0.2) is 0 Å². The van der Waals surface area contributed by atoms with Crippen LogP contribution < -0.4 is 4.72 Å². The van der Waals surface area contributed by atoms with E-state index in [9.17, 15) is 0 Å². The fourth-order valence-corrected chi connectivity index (χ4v) is 2.73. The highest BCUT2D eigenvalue weighted by Gasteiger charge is 1.98. The third kappa shape index (κ3) is 3.67. The second-order valence-electron chi connectivity index (χ2n) is 4.96. The van der Waals surface area contributed by atoms with E-state index in [4.69, 9.17) is 0 Å². The Kier molecular flexibility index (Phi) is 4.27. The molecule has 1 N–H and O–H groups in total. The molecule has 0 saturated carbocycles. The van der Waals surface area contributed by atoms with Crippen LogP contribution in [0, 0.1) is 6.92 Å². The van der Waals surface area contributed by atoms with E-state index in [1.165, 1.54) is 21.6 Å². The zero-order chi connectivity index (χ0) is 14.5. The highest BCUT2D eigenvalue weighted by atomic mass is 32.2. The predicted molar refractivity (Wildman–Crippen MR) is 92.5 cm³/mol. The molecule has 3 aromatic carbocycles.